The van der Waals surface area contributed by atoms with E-state index in [1.165, 1.54) is 103 Å². The third-order valence-electron chi connectivity index (χ3n) is 7.69. The summed E-state index contributed by atoms with van der Waals surface area (Å²) in [5, 5.41) is 5.47. The Morgan fingerprint density at radius 3 is 1.56 bits per heavy atom. The van der Waals surface area contributed by atoms with Gasteiger partial charge in [-0.15, -0.1) is 0 Å². The number of nitrogens with one attached hydrogen (secondary N) is 2. The minimum atomic E-state index is -0.819. The molecule has 6 N–H and O–H groups in total. The van der Waals surface area contributed by atoms with Gasteiger partial charge in [-0.3, -0.25) is 14.6 Å². The van der Waals surface area contributed by atoms with E-state index in [1.807, 2.05) is 13.8 Å². The quantitative estimate of drug-likeness (QED) is 0.0322. The predicted molar refractivity (Wildman–Crippen MR) is 179 cm³/mol. The molecular weight excluding hydrogens is 542 g/mol. The van der Waals surface area contributed by atoms with Crippen molar-refractivity contribution in [3.8, 4) is 0 Å². The van der Waals surface area contributed by atoms with E-state index in [0.717, 1.165) is 19.3 Å². The molecule has 0 aliphatic heterocycles. The van der Waals surface area contributed by atoms with Crippen LogP contribution in [0.25, 0.3) is 0 Å². The number of ether oxygens (including phenoxy) is 1. The molecule has 0 aromatic heterocycles. The van der Waals surface area contributed by atoms with Gasteiger partial charge in [-0.2, -0.15) is 0 Å². The number of hydrogen-bond acceptors (Lipinski definition) is 5. The molecule has 252 valence electrons. The Morgan fingerprint density at radius 1 is 0.674 bits per heavy atom. The van der Waals surface area contributed by atoms with E-state index in [9.17, 15) is 14.4 Å². The number of carbonyl (C=O) groups excluding carboxylic acids is 3. The van der Waals surface area contributed by atoms with Crippen LogP contribution < -0.4 is 22.1 Å². The van der Waals surface area contributed by atoms with E-state index in [2.05, 4.69) is 22.5 Å². The van der Waals surface area contributed by atoms with Gasteiger partial charge in [0, 0.05) is 13.5 Å². The Bertz CT molecular complexity index is 740. The molecule has 2 amide bonds. The van der Waals surface area contributed by atoms with Crippen molar-refractivity contribution in [2.75, 3.05) is 13.2 Å². The summed E-state index contributed by atoms with van der Waals surface area (Å²) >= 11 is 0. The van der Waals surface area contributed by atoms with Crippen molar-refractivity contribution in [1.82, 2.24) is 10.6 Å². The van der Waals surface area contributed by atoms with Crippen LogP contribution in [-0.4, -0.2) is 49.0 Å². The Balaban J connectivity index is 4.14. The zero-order chi connectivity index (χ0) is 32.1. The summed E-state index contributed by atoms with van der Waals surface area (Å²) in [6, 6.07) is -1.53. The van der Waals surface area contributed by atoms with E-state index in [4.69, 9.17) is 16.2 Å². The normalized spacial score (nSPS) is 12.5. The van der Waals surface area contributed by atoms with Crippen molar-refractivity contribution >= 4 is 23.7 Å². The molecule has 0 aromatic rings. The molecule has 2 unspecified atom stereocenters. The highest BCUT2D eigenvalue weighted by molar-refractivity contribution is 5.90. The van der Waals surface area contributed by atoms with Gasteiger partial charge < -0.3 is 26.8 Å². The Morgan fingerprint density at radius 2 is 1.14 bits per heavy atom. The van der Waals surface area contributed by atoms with Gasteiger partial charge in [0.2, 0.25) is 11.8 Å². The van der Waals surface area contributed by atoms with Crippen LogP contribution in [0.2, 0.25) is 0 Å². The third-order valence-corrected chi connectivity index (χ3v) is 7.69. The topological polar surface area (TPSA) is 149 Å². The Hall–Kier alpha value is -2.32. The summed E-state index contributed by atoms with van der Waals surface area (Å²) < 4.78 is 5.53. The van der Waals surface area contributed by atoms with E-state index in [-0.39, 0.29) is 23.7 Å². The van der Waals surface area contributed by atoms with Gasteiger partial charge in [0.05, 0.1) is 6.61 Å². The number of esters is 1. The van der Waals surface area contributed by atoms with Crippen LogP contribution in [0.15, 0.2) is 4.99 Å². The first-order valence-electron chi connectivity index (χ1n) is 17.5. The molecule has 0 rings (SSSR count). The number of rotatable bonds is 29. The summed E-state index contributed by atoms with van der Waals surface area (Å²) in [5.74, 6) is -0.960. The van der Waals surface area contributed by atoms with Crippen molar-refractivity contribution < 1.29 is 19.1 Å². The molecule has 0 fully saturated rings. The standard InChI is InChI=1S/C34H67N5O4/c1-5-6-7-8-9-10-11-12-13-14-15-16-17-18-19-20-21-22-26-43-33(42)30(24-23-25-37-34(35)36)39-32(41)31(27-28(2)3)38-29(4)40/h28,30-31H,5-27H2,1-4H3,(H,38,40)(H,39,41)(H4,35,36,37). The predicted octanol–water partition coefficient (Wildman–Crippen LogP) is 6.66. The Labute approximate surface area is 263 Å². The highest BCUT2D eigenvalue weighted by Crippen LogP contribution is 2.14. The lowest BCUT2D eigenvalue weighted by atomic mass is 10.0. The fraction of sp³-hybridized carbons (Fsp3) is 0.882. The smallest absolute Gasteiger partial charge is 0.328 e. The zero-order valence-electron chi connectivity index (χ0n) is 28.2. The number of guanidine groups is 1. The lowest BCUT2D eigenvalue weighted by Crippen LogP contribution is -2.52. The molecule has 0 saturated carbocycles. The number of hydrogen-bond donors (Lipinski definition) is 4. The monoisotopic (exact) mass is 610 g/mol. The largest absolute Gasteiger partial charge is 0.464 e. The minimum absolute atomic E-state index is 0.0140. The summed E-state index contributed by atoms with van der Waals surface area (Å²) in [5.41, 5.74) is 10.8. The highest BCUT2D eigenvalue weighted by Gasteiger charge is 2.27. The molecule has 0 saturated heterocycles. The molecule has 0 heterocycles. The van der Waals surface area contributed by atoms with Gasteiger partial charge in [-0.05, 0) is 31.6 Å². The number of carbonyl (C=O) groups is 3. The second-order valence-electron chi connectivity index (χ2n) is 12.6. The first-order valence-corrected chi connectivity index (χ1v) is 17.5. The third kappa shape index (κ3) is 27.0. The van der Waals surface area contributed by atoms with Crippen molar-refractivity contribution in [3.05, 3.63) is 0 Å². The molecule has 0 spiro atoms. The summed E-state index contributed by atoms with van der Waals surface area (Å²) in [4.78, 5) is 41.3. The van der Waals surface area contributed by atoms with Crippen LogP contribution in [0.4, 0.5) is 0 Å². The molecule has 2 atom stereocenters. The van der Waals surface area contributed by atoms with E-state index in [0.29, 0.717) is 32.4 Å². The number of nitrogens with two attached hydrogens (primary N) is 2. The Kier molecular flexibility index (Phi) is 26.9. The first kappa shape index (κ1) is 40.7. The van der Waals surface area contributed by atoms with Gasteiger partial charge in [0.15, 0.2) is 5.96 Å². The van der Waals surface area contributed by atoms with Gasteiger partial charge >= 0.3 is 5.97 Å². The fourth-order valence-corrected chi connectivity index (χ4v) is 5.25. The minimum Gasteiger partial charge on any atom is -0.464 e. The van der Waals surface area contributed by atoms with Gasteiger partial charge in [0.25, 0.3) is 0 Å². The molecule has 0 aliphatic carbocycles. The lowest BCUT2D eigenvalue weighted by molar-refractivity contribution is -0.148. The van der Waals surface area contributed by atoms with Crippen LogP contribution in [0.3, 0.4) is 0 Å². The van der Waals surface area contributed by atoms with Crippen LogP contribution in [0.1, 0.15) is 163 Å². The molecule has 9 nitrogen and oxygen atoms in total. The average Bonchev–Trinajstić information content (AvgIpc) is 2.94. The van der Waals surface area contributed by atoms with E-state index in [1.54, 1.807) is 0 Å². The number of unbranched alkanes of at least 4 members (excludes halogenated alkanes) is 17. The van der Waals surface area contributed by atoms with Crippen LogP contribution in [0.5, 0.6) is 0 Å². The van der Waals surface area contributed by atoms with Crippen LogP contribution in [-0.2, 0) is 19.1 Å². The molecule has 0 radical (unpaired) electrons. The average molecular weight is 610 g/mol. The van der Waals surface area contributed by atoms with Crippen molar-refractivity contribution in [2.45, 2.75) is 175 Å². The summed E-state index contributed by atoms with van der Waals surface area (Å²) in [6.07, 6.45) is 24.8. The maximum atomic E-state index is 12.9. The van der Waals surface area contributed by atoms with E-state index < -0.39 is 18.1 Å². The lowest BCUT2D eigenvalue weighted by Gasteiger charge is -2.23. The van der Waals surface area contributed by atoms with E-state index >= 15 is 0 Å². The molecule has 0 aromatic carbocycles. The zero-order valence-corrected chi connectivity index (χ0v) is 28.2. The van der Waals surface area contributed by atoms with Crippen molar-refractivity contribution in [1.29, 1.82) is 0 Å². The van der Waals surface area contributed by atoms with Crippen LogP contribution >= 0.6 is 0 Å². The first-order chi connectivity index (χ1) is 20.7. The van der Waals surface area contributed by atoms with Crippen LogP contribution in [0, 0.1) is 5.92 Å². The van der Waals surface area contributed by atoms with Gasteiger partial charge in [0.1, 0.15) is 12.1 Å². The number of nitrogens with zero attached hydrogens (tertiary/aromatic N) is 1. The van der Waals surface area contributed by atoms with Gasteiger partial charge in [-0.1, -0.05) is 130 Å². The molecule has 9 heteroatoms. The SMILES string of the molecule is CCCCCCCCCCCCCCCCCCCCOC(=O)C(CCCN=C(N)N)NC(=O)C(CC(C)C)NC(C)=O. The number of amides is 2. The number of aliphatic imine (C=N–C) groups is 1. The second kappa shape index (κ2) is 28.5. The van der Waals surface area contributed by atoms with Gasteiger partial charge in [-0.25, -0.2) is 4.79 Å². The molecule has 0 aliphatic rings. The maximum Gasteiger partial charge on any atom is 0.328 e. The molecule has 0 bridgehead atoms. The molecule has 43 heavy (non-hydrogen) atoms. The molecular formula is C34H67N5O4. The van der Waals surface area contributed by atoms with Crippen molar-refractivity contribution in [3.63, 3.8) is 0 Å². The fourth-order valence-electron chi connectivity index (χ4n) is 5.25. The van der Waals surface area contributed by atoms with Crippen molar-refractivity contribution in [2.24, 2.45) is 22.4 Å². The summed E-state index contributed by atoms with van der Waals surface area (Å²) in [7, 11) is 0. The highest BCUT2D eigenvalue weighted by atomic mass is 16.5. The maximum absolute atomic E-state index is 12.9. The second-order valence-corrected chi connectivity index (χ2v) is 12.6. The summed E-state index contributed by atoms with van der Waals surface area (Å²) in [6.45, 7) is 8.28.